The van der Waals surface area contributed by atoms with Crippen molar-refractivity contribution in [3.05, 3.63) is 64.2 Å². The third kappa shape index (κ3) is 5.53. The first kappa shape index (κ1) is 21.2. The Hall–Kier alpha value is -3.49. The molecule has 0 saturated heterocycles. The molecule has 0 saturated carbocycles. The van der Waals surface area contributed by atoms with Crippen LogP contribution in [0, 0.1) is 0 Å². The summed E-state index contributed by atoms with van der Waals surface area (Å²) in [5.74, 6) is 0.422. The molecule has 7 nitrogen and oxygen atoms in total. The number of fused-ring (bicyclic) bond motifs is 1. The van der Waals surface area contributed by atoms with Gasteiger partial charge in [0.1, 0.15) is 5.82 Å². The van der Waals surface area contributed by atoms with Gasteiger partial charge in [0, 0.05) is 19.4 Å². The van der Waals surface area contributed by atoms with Crippen LogP contribution < -0.4 is 20.3 Å². The van der Waals surface area contributed by atoms with E-state index in [4.69, 9.17) is 4.74 Å². The molecule has 3 rings (SSSR count). The zero-order valence-electron chi connectivity index (χ0n) is 16.3. The minimum atomic E-state index is -2.93. The molecule has 158 valence electrons. The Kier molecular flexibility index (Phi) is 6.95. The lowest BCUT2D eigenvalue weighted by Gasteiger charge is -2.11. The molecular formula is C21H21F2N3O4. The number of nitrogens with one attached hydrogen (secondary N) is 2. The van der Waals surface area contributed by atoms with E-state index in [1.54, 1.807) is 36.4 Å². The number of nitrogens with zero attached hydrogens (tertiary/aromatic N) is 1. The second kappa shape index (κ2) is 9.82. The highest BCUT2D eigenvalue weighted by Crippen LogP contribution is 2.29. The number of rotatable bonds is 9. The van der Waals surface area contributed by atoms with E-state index in [1.165, 1.54) is 13.2 Å². The summed E-state index contributed by atoms with van der Waals surface area (Å²) in [5.41, 5.74) is 1.16. The highest BCUT2D eigenvalue weighted by molar-refractivity contribution is 5.78. The lowest BCUT2D eigenvalue weighted by molar-refractivity contribution is -0.121. The zero-order chi connectivity index (χ0) is 21.5. The van der Waals surface area contributed by atoms with Gasteiger partial charge in [0.15, 0.2) is 11.5 Å². The fourth-order valence-corrected chi connectivity index (χ4v) is 2.98. The van der Waals surface area contributed by atoms with E-state index in [-0.39, 0.29) is 29.4 Å². The maximum atomic E-state index is 12.4. The minimum absolute atomic E-state index is 0.0443. The number of benzene rings is 2. The van der Waals surface area contributed by atoms with Crippen molar-refractivity contribution in [1.29, 1.82) is 0 Å². The summed E-state index contributed by atoms with van der Waals surface area (Å²) in [6.45, 7) is -2.57. The molecule has 0 aliphatic rings. The van der Waals surface area contributed by atoms with E-state index in [1.807, 2.05) is 0 Å². The normalized spacial score (nSPS) is 10.9. The van der Waals surface area contributed by atoms with Crippen LogP contribution in [0.15, 0.2) is 47.3 Å². The van der Waals surface area contributed by atoms with Gasteiger partial charge in [-0.05, 0) is 36.2 Å². The Bertz CT molecular complexity index is 1090. The number of para-hydroxylation sites is 1. The molecule has 0 spiro atoms. The van der Waals surface area contributed by atoms with Gasteiger partial charge >= 0.3 is 6.61 Å². The number of H-pyrrole nitrogens is 1. The van der Waals surface area contributed by atoms with Crippen LogP contribution in [0.25, 0.3) is 10.9 Å². The molecule has 0 unspecified atom stereocenters. The Balaban J connectivity index is 1.50. The maximum absolute atomic E-state index is 12.4. The number of alkyl halides is 2. The topological polar surface area (TPSA) is 93.3 Å². The summed E-state index contributed by atoms with van der Waals surface area (Å²) in [7, 11) is 1.37. The van der Waals surface area contributed by atoms with E-state index in [0.29, 0.717) is 36.1 Å². The number of aromatic nitrogens is 2. The van der Waals surface area contributed by atoms with Crippen molar-refractivity contribution in [1.82, 2.24) is 15.3 Å². The first-order valence-electron chi connectivity index (χ1n) is 9.32. The molecule has 0 aliphatic heterocycles. The zero-order valence-corrected chi connectivity index (χ0v) is 16.3. The Morgan fingerprint density at radius 1 is 1.17 bits per heavy atom. The predicted molar refractivity (Wildman–Crippen MR) is 107 cm³/mol. The number of methoxy groups -OCH3 is 1. The number of aryl methyl sites for hydroxylation is 1. The molecule has 2 aromatic carbocycles. The Morgan fingerprint density at radius 3 is 2.73 bits per heavy atom. The van der Waals surface area contributed by atoms with Crippen molar-refractivity contribution in [3.63, 3.8) is 0 Å². The molecule has 0 radical (unpaired) electrons. The smallest absolute Gasteiger partial charge is 0.387 e. The molecular weight excluding hydrogens is 396 g/mol. The second-order valence-electron chi connectivity index (χ2n) is 6.49. The van der Waals surface area contributed by atoms with Crippen molar-refractivity contribution in [2.24, 2.45) is 0 Å². The monoisotopic (exact) mass is 417 g/mol. The van der Waals surface area contributed by atoms with Gasteiger partial charge < -0.3 is 19.8 Å². The van der Waals surface area contributed by atoms with Crippen LogP contribution in [-0.4, -0.2) is 36.1 Å². The third-order valence-corrected chi connectivity index (χ3v) is 4.43. The summed E-state index contributed by atoms with van der Waals surface area (Å²) in [5, 5.41) is 3.29. The molecule has 9 heteroatoms. The molecule has 0 fully saturated rings. The molecule has 0 bridgehead atoms. The van der Waals surface area contributed by atoms with Crippen molar-refractivity contribution in [2.75, 3.05) is 13.7 Å². The predicted octanol–water partition coefficient (Wildman–Crippen LogP) is 2.82. The van der Waals surface area contributed by atoms with Crippen LogP contribution in [0.3, 0.4) is 0 Å². The van der Waals surface area contributed by atoms with Crippen LogP contribution in [0.2, 0.25) is 0 Å². The van der Waals surface area contributed by atoms with Crippen LogP contribution in [0.5, 0.6) is 11.5 Å². The van der Waals surface area contributed by atoms with Gasteiger partial charge in [-0.2, -0.15) is 8.78 Å². The van der Waals surface area contributed by atoms with Crippen molar-refractivity contribution >= 4 is 16.8 Å². The van der Waals surface area contributed by atoms with Gasteiger partial charge in [0.2, 0.25) is 5.91 Å². The van der Waals surface area contributed by atoms with Crippen molar-refractivity contribution < 1.29 is 23.0 Å². The van der Waals surface area contributed by atoms with E-state index in [9.17, 15) is 18.4 Å². The van der Waals surface area contributed by atoms with Crippen LogP contribution >= 0.6 is 0 Å². The fourth-order valence-electron chi connectivity index (χ4n) is 2.98. The average molecular weight is 417 g/mol. The standard InChI is InChI=1S/C21H21F2N3O4/c1-29-17-12-13(6-7-16(17)30-21(22)23)10-11-24-19(27)9-8-18-25-15-5-3-2-4-14(15)20(28)26-18/h2-7,12,21H,8-11H2,1H3,(H,24,27)(H,25,26,28). The molecule has 0 atom stereocenters. The number of carbonyl (C=O) groups is 1. The van der Waals surface area contributed by atoms with Gasteiger partial charge in [0.25, 0.3) is 5.56 Å². The third-order valence-electron chi connectivity index (χ3n) is 4.43. The number of halogens is 2. The molecule has 1 aromatic heterocycles. The summed E-state index contributed by atoms with van der Waals surface area (Å²) in [4.78, 5) is 31.2. The average Bonchev–Trinajstić information content (AvgIpc) is 2.73. The van der Waals surface area contributed by atoms with E-state index >= 15 is 0 Å². The second-order valence-corrected chi connectivity index (χ2v) is 6.49. The summed E-state index contributed by atoms with van der Waals surface area (Å²) in [6, 6.07) is 11.6. The molecule has 3 aromatic rings. The molecule has 1 heterocycles. The quantitative estimate of drug-likeness (QED) is 0.559. The number of aromatic amines is 1. The first-order valence-corrected chi connectivity index (χ1v) is 9.32. The summed E-state index contributed by atoms with van der Waals surface area (Å²) < 4.78 is 34.2. The summed E-state index contributed by atoms with van der Waals surface area (Å²) >= 11 is 0. The van der Waals surface area contributed by atoms with Crippen LogP contribution in [0.4, 0.5) is 8.78 Å². The number of hydrogen-bond donors (Lipinski definition) is 2. The largest absolute Gasteiger partial charge is 0.493 e. The van der Waals surface area contributed by atoms with E-state index in [0.717, 1.165) is 5.56 Å². The SMILES string of the molecule is COc1cc(CCNC(=O)CCc2nc3ccccc3c(=O)[nH]2)ccc1OC(F)F. The maximum Gasteiger partial charge on any atom is 0.387 e. The van der Waals surface area contributed by atoms with Gasteiger partial charge in [-0.1, -0.05) is 18.2 Å². The van der Waals surface area contributed by atoms with Gasteiger partial charge in [-0.25, -0.2) is 4.98 Å². The first-order chi connectivity index (χ1) is 14.5. The lowest BCUT2D eigenvalue weighted by atomic mass is 10.1. The minimum Gasteiger partial charge on any atom is -0.493 e. The van der Waals surface area contributed by atoms with E-state index < -0.39 is 6.61 Å². The molecule has 1 amide bonds. The number of hydrogen-bond acceptors (Lipinski definition) is 5. The highest BCUT2D eigenvalue weighted by Gasteiger charge is 2.11. The Morgan fingerprint density at radius 2 is 1.97 bits per heavy atom. The lowest BCUT2D eigenvalue weighted by Crippen LogP contribution is -2.26. The van der Waals surface area contributed by atoms with Crippen molar-refractivity contribution in [2.45, 2.75) is 25.9 Å². The number of amides is 1. The molecule has 0 aliphatic carbocycles. The van der Waals surface area contributed by atoms with Crippen LogP contribution in [-0.2, 0) is 17.6 Å². The number of ether oxygens (including phenoxy) is 2. The molecule has 30 heavy (non-hydrogen) atoms. The fraction of sp³-hybridized carbons (Fsp3) is 0.286. The van der Waals surface area contributed by atoms with Gasteiger partial charge in [0.05, 0.1) is 18.0 Å². The highest BCUT2D eigenvalue weighted by atomic mass is 19.3. The van der Waals surface area contributed by atoms with Crippen molar-refractivity contribution in [3.8, 4) is 11.5 Å². The Labute approximate surface area is 171 Å². The molecule has 2 N–H and O–H groups in total. The van der Waals surface area contributed by atoms with Gasteiger partial charge in [-0.15, -0.1) is 0 Å². The van der Waals surface area contributed by atoms with Crippen LogP contribution in [0.1, 0.15) is 17.8 Å². The number of carbonyl (C=O) groups excluding carboxylic acids is 1. The summed E-state index contributed by atoms with van der Waals surface area (Å²) in [6.07, 6.45) is 0.966. The van der Waals surface area contributed by atoms with E-state index in [2.05, 4.69) is 20.0 Å². The van der Waals surface area contributed by atoms with Gasteiger partial charge in [-0.3, -0.25) is 9.59 Å².